The number of morpholine rings is 1. The summed E-state index contributed by atoms with van der Waals surface area (Å²) in [5, 5.41) is 2.49. The van der Waals surface area contributed by atoms with Crippen LogP contribution in [0.2, 0.25) is 5.04 Å². The predicted molar refractivity (Wildman–Crippen MR) is 142 cm³/mol. The summed E-state index contributed by atoms with van der Waals surface area (Å²) in [4.78, 5) is 14.9. The maximum Gasteiger partial charge on any atom is 0.261 e. The molecule has 0 N–H and O–H groups in total. The predicted octanol–water partition coefficient (Wildman–Crippen LogP) is 4.52. The van der Waals surface area contributed by atoms with E-state index in [-0.39, 0.29) is 35.8 Å². The summed E-state index contributed by atoms with van der Waals surface area (Å²) in [6, 6.07) is 31.8. The summed E-state index contributed by atoms with van der Waals surface area (Å²) in [6.07, 6.45) is 1.65. The van der Waals surface area contributed by atoms with E-state index < -0.39 is 8.32 Å². The Morgan fingerprint density at radius 3 is 1.94 bits per heavy atom. The molecule has 3 aromatic carbocycles. The average Bonchev–Trinajstić information content (AvgIpc) is 3.28. The van der Waals surface area contributed by atoms with Gasteiger partial charge in [0.25, 0.3) is 8.32 Å². The fourth-order valence-electron chi connectivity index (χ4n) is 5.91. The number of hydrogen-bond acceptors (Lipinski definition) is 3. The zero-order chi connectivity index (χ0) is 24.5. The van der Waals surface area contributed by atoms with E-state index in [1.807, 2.05) is 23.1 Å². The number of benzene rings is 3. The van der Waals surface area contributed by atoms with Gasteiger partial charge in [-0.3, -0.25) is 4.79 Å². The van der Waals surface area contributed by atoms with Crippen molar-refractivity contribution in [2.24, 2.45) is 0 Å². The Kier molecular flexibility index (Phi) is 6.66. The van der Waals surface area contributed by atoms with Gasteiger partial charge in [-0.05, 0) is 27.4 Å². The summed E-state index contributed by atoms with van der Waals surface area (Å²) in [5.41, 5.74) is 1.15. The normalized spacial score (nSPS) is 22.8. The number of fused-ring (bicyclic) bond motifs is 1. The zero-order valence-corrected chi connectivity index (χ0v) is 21.9. The quantitative estimate of drug-likeness (QED) is 0.482. The smallest absolute Gasteiger partial charge is 0.261 e. The van der Waals surface area contributed by atoms with Gasteiger partial charge in [0.1, 0.15) is 6.61 Å². The second kappa shape index (κ2) is 9.73. The summed E-state index contributed by atoms with van der Waals surface area (Å²) in [5.74, 6) is 0.0706. The van der Waals surface area contributed by atoms with Gasteiger partial charge in [-0.15, -0.1) is 0 Å². The molecular weight excluding hydrogens is 450 g/mol. The average molecular weight is 486 g/mol. The molecule has 3 aromatic rings. The molecule has 1 aliphatic heterocycles. The number of ether oxygens (including phenoxy) is 1. The van der Waals surface area contributed by atoms with Crippen LogP contribution in [-0.2, 0) is 20.5 Å². The third-order valence-electron chi connectivity index (χ3n) is 7.53. The molecule has 0 aromatic heterocycles. The van der Waals surface area contributed by atoms with Crippen LogP contribution in [0.4, 0.5) is 0 Å². The fraction of sp³-hybridized carbons (Fsp3) is 0.367. The first-order chi connectivity index (χ1) is 16.9. The first-order valence-electron chi connectivity index (χ1n) is 12.6. The van der Waals surface area contributed by atoms with E-state index in [2.05, 4.69) is 93.6 Å². The van der Waals surface area contributed by atoms with Crippen molar-refractivity contribution < 1.29 is 14.0 Å². The molecule has 1 saturated carbocycles. The van der Waals surface area contributed by atoms with Crippen molar-refractivity contribution in [3.05, 3.63) is 96.6 Å². The highest BCUT2D eigenvalue weighted by molar-refractivity contribution is 6.99. The Morgan fingerprint density at radius 2 is 1.40 bits per heavy atom. The van der Waals surface area contributed by atoms with Crippen LogP contribution in [-0.4, -0.2) is 44.0 Å². The molecule has 35 heavy (non-hydrogen) atoms. The molecule has 1 saturated heterocycles. The number of hydrogen-bond donors (Lipinski definition) is 0. The molecule has 2 aliphatic rings. The van der Waals surface area contributed by atoms with Gasteiger partial charge in [-0.25, -0.2) is 0 Å². The maximum absolute atomic E-state index is 12.9. The van der Waals surface area contributed by atoms with Crippen LogP contribution < -0.4 is 10.4 Å². The topological polar surface area (TPSA) is 38.8 Å². The van der Waals surface area contributed by atoms with Crippen LogP contribution in [0.1, 0.15) is 39.2 Å². The van der Waals surface area contributed by atoms with Crippen LogP contribution in [0.15, 0.2) is 91.0 Å². The van der Waals surface area contributed by atoms with Crippen molar-refractivity contribution in [3.63, 3.8) is 0 Å². The maximum atomic E-state index is 12.9. The molecule has 5 heteroatoms. The van der Waals surface area contributed by atoms with Gasteiger partial charge in [0.05, 0.1) is 18.2 Å². The first kappa shape index (κ1) is 24.0. The van der Waals surface area contributed by atoms with Crippen molar-refractivity contribution in [2.75, 3.05) is 6.61 Å². The zero-order valence-electron chi connectivity index (χ0n) is 20.9. The van der Waals surface area contributed by atoms with Gasteiger partial charge in [0.15, 0.2) is 0 Å². The highest BCUT2D eigenvalue weighted by atomic mass is 28.4. The minimum atomic E-state index is -2.65. The molecule has 5 rings (SSSR count). The van der Waals surface area contributed by atoms with E-state index in [0.29, 0.717) is 6.54 Å². The van der Waals surface area contributed by atoms with Gasteiger partial charge in [0.2, 0.25) is 5.91 Å². The molecule has 0 bridgehead atoms. The molecule has 2 fully saturated rings. The minimum Gasteiger partial charge on any atom is -0.404 e. The van der Waals surface area contributed by atoms with Crippen LogP contribution in [0.25, 0.3) is 0 Å². The van der Waals surface area contributed by atoms with Crippen molar-refractivity contribution in [3.8, 4) is 0 Å². The second-order valence-corrected chi connectivity index (χ2v) is 15.1. The van der Waals surface area contributed by atoms with Crippen LogP contribution in [0.3, 0.4) is 0 Å². The van der Waals surface area contributed by atoms with E-state index in [9.17, 15) is 4.79 Å². The number of carbonyl (C=O) groups excluding carboxylic acids is 1. The highest BCUT2D eigenvalue weighted by Crippen LogP contribution is 2.41. The highest BCUT2D eigenvalue weighted by Gasteiger charge is 2.54. The lowest BCUT2D eigenvalue weighted by molar-refractivity contribution is -0.155. The molecule has 1 unspecified atom stereocenters. The second-order valence-electron chi connectivity index (χ2n) is 10.8. The Labute approximate surface area is 210 Å². The Bertz CT molecular complexity index is 1090. The summed E-state index contributed by atoms with van der Waals surface area (Å²) >= 11 is 0. The van der Waals surface area contributed by atoms with Gasteiger partial charge in [-0.1, -0.05) is 112 Å². The van der Waals surface area contributed by atoms with Crippen LogP contribution in [0, 0.1) is 0 Å². The molecule has 0 spiro atoms. The molecule has 182 valence electrons. The monoisotopic (exact) mass is 485 g/mol. The number of nitrogens with zero attached hydrogens (tertiary/aromatic N) is 1. The standard InChI is InChI=1S/C30H35NO3Si/c1-30(2,3)35(25-15-9-5-10-16-25,26-17-11-6-12-18-26)34-24-19-27-28(20-24)33-22-29(32)31(27)21-23-13-7-4-8-14-23/h4-18,24,27-28H,19-22H2,1-3H3/t24?,27-,28-/m0/s1. The van der Waals surface area contributed by atoms with Crippen molar-refractivity contribution in [1.29, 1.82) is 0 Å². The van der Waals surface area contributed by atoms with E-state index in [0.717, 1.165) is 18.4 Å². The van der Waals surface area contributed by atoms with Crippen molar-refractivity contribution in [2.45, 2.75) is 63.4 Å². The van der Waals surface area contributed by atoms with Gasteiger partial charge in [-0.2, -0.15) is 0 Å². The Hall–Kier alpha value is -2.73. The molecule has 1 aliphatic carbocycles. The summed E-state index contributed by atoms with van der Waals surface area (Å²) < 4.78 is 13.5. The fourth-order valence-corrected chi connectivity index (χ4v) is 10.6. The molecule has 4 nitrogen and oxygen atoms in total. The Morgan fingerprint density at radius 1 is 0.857 bits per heavy atom. The van der Waals surface area contributed by atoms with Gasteiger partial charge < -0.3 is 14.1 Å². The van der Waals surface area contributed by atoms with E-state index >= 15 is 0 Å². The van der Waals surface area contributed by atoms with Gasteiger partial charge >= 0.3 is 0 Å². The third kappa shape index (κ3) is 4.60. The van der Waals surface area contributed by atoms with Crippen LogP contribution in [0.5, 0.6) is 0 Å². The first-order valence-corrected chi connectivity index (χ1v) is 14.5. The SMILES string of the molecule is CC(C)(C)[Si](OC1C[C@@H]2OCC(=O)N(Cc3ccccc3)[C@H]2C1)(c1ccccc1)c1ccccc1. The Balaban J connectivity index is 1.48. The lowest BCUT2D eigenvalue weighted by Crippen LogP contribution is -2.67. The lowest BCUT2D eigenvalue weighted by atomic mass is 10.1. The van der Waals surface area contributed by atoms with Crippen molar-refractivity contribution >= 4 is 24.6 Å². The molecule has 0 radical (unpaired) electrons. The van der Waals surface area contributed by atoms with Crippen LogP contribution >= 0.6 is 0 Å². The summed E-state index contributed by atoms with van der Waals surface area (Å²) in [7, 11) is -2.65. The van der Waals surface area contributed by atoms with E-state index in [1.165, 1.54) is 10.4 Å². The molecule has 1 amide bonds. The lowest BCUT2D eigenvalue weighted by Gasteiger charge is -2.44. The largest absolute Gasteiger partial charge is 0.404 e. The minimum absolute atomic E-state index is 0.0135. The number of rotatable bonds is 6. The summed E-state index contributed by atoms with van der Waals surface area (Å²) in [6.45, 7) is 7.70. The van der Waals surface area contributed by atoms with E-state index in [4.69, 9.17) is 9.16 Å². The van der Waals surface area contributed by atoms with Gasteiger partial charge in [0, 0.05) is 13.0 Å². The van der Waals surface area contributed by atoms with Crippen molar-refractivity contribution in [1.82, 2.24) is 4.90 Å². The third-order valence-corrected chi connectivity index (χ3v) is 12.6. The number of carbonyl (C=O) groups is 1. The molecule has 3 atom stereocenters. The van der Waals surface area contributed by atoms with E-state index in [1.54, 1.807) is 0 Å². The molecule has 1 heterocycles. The number of amides is 1. The molecular formula is C30H35NO3Si.